The molecule has 2 atom stereocenters. The molecule has 0 N–H and O–H groups in total. The van der Waals surface area contributed by atoms with Gasteiger partial charge in [-0.2, -0.15) is 0 Å². The lowest BCUT2D eigenvalue weighted by Crippen LogP contribution is -2.41. The van der Waals surface area contributed by atoms with Crippen LogP contribution in [0.2, 0.25) is 0 Å². The van der Waals surface area contributed by atoms with Gasteiger partial charge in [0.05, 0.1) is 24.5 Å². The number of aldehydes is 1. The molecular weight excluding hydrogens is 332 g/mol. The van der Waals surface area contributed by atoms with Crippen molar-refractivity contribution >= 4 is 23.6 Å². The highest BCUT2D eigenvalue weighted by atomic mass is 16.7. The van der Waals surface area contributed by atoms with Crippen LogP contribution in [0.15, 0.2) is 12.1 Å². The van der Waals surface area contributed by atoms with E-state index in [1.54, 1.807) is 4.90 Å². The maximum absolute atomic E-state index is 12.5. The molecule has 6 nitrogen and oxygen atoms in total. The quantitative estimate of drug-likeness (QED) is 0.610. The van der Waals surface area contributed by atoms with Gasteiger partial charge >= 0.3 is 0 Å². The zero-order chi connectivity index (χ0) is 19.1. The average Bonchev–Trinajstić information content (AvgIpc) is 2.93. The first-order valence-corrected chi connectivity index (χ1v) is 9.16. The molecule has 6 heteroatoms. The number of ether oxygens (including phenoxy) is 2. The lowest BCUT2D eigenvalue weighted by molar-refractivity contribution is -0.138. The first-order chi connectivity index (χ1) is 12.2. The number of hydrogen-bond acceptors (Lipinski definition) is 5. The van der Waals surface area contributed by atoms with E-state index >= 15 is 0 Å². The fourth-order valence-corrected chi connectivity index (χ4v) is 3.87. The predicted octanol–water partition coefficient (Wildman–Crippen LogP) is 2.62. The molecule has 0 bridgehead atoms. The fraction of sp³-hybridized carbons (Fsp3) is 0.600. The van der Waals surface area contributed by atoms with Crippen LogP contribution in [0, 0.1) is 6.92 Å². The second-order valence-corrected chi connectivity index (χ2v) is 7.85. The van der Waals surface area contributed by atoms with Crippen molar-refractivity contribution in [2.75, 3.05) is 36.5 Å². The SMILES string of the molecule is Cc1cc2c(c(N(CC3COC(C)(C)O3)C(=O)C=O)c1)N(C)CCC2C. The van der Waals surface area contributed by atoms with Gasteiger partial charge in [0, 0.05) is 13.6 Å². The van der Waals surface area contributed by atoms with E-state index in [9.17, 15) is 9.59 Å². The molecule has 1 fully saturated rings. The van der Waals surface area contributed by atoms with Crippen LogP contribution in [0.5, 0.6) is 0 Å². The van der Waals surface area contributed by atoms with Gasteiger partial charge in [-0.3, -0.25) is 9.59 Å². The zero-order valence-corrected chi connectivity index (χ0v) is 16.2. The largest absolute Gasteiger partial charge is 0.373 e. The molecule has 0 aliphatic carbocycles. The van der Waals surface area contributed by atoms with Gasteiger partial charge in [0.25, 0.3) is 5.91 Å². The fourth-order valence-electron chi connectivity index (χ4n) is 3.87. The third-order valence-corrected chi connectivity index (χ3v) is 5.18. The summed E-state index contributed by atoms with van der Waals surface area (Å²) in [5.41, 5.74) is 4.11. The van der Waals surface area contributed by atoms with Crippen molar-refractivity contribution < 1.29 is 19.1 Å². The summed E-state index contributed by atoms with van der Waals surface area (Å²) in [6, 6.07) is 4.16. The standard InChI is InChI=1S/C20H28N2O4/c1-13-8-16-14(2)6-7-21(5)19(16)17(9-13)22(18(24)11-23)10-15-12-25-20(3,4)26-15/h8-9,11,14-15H,6-7,10,12H2,1-5H3. The first kappa shape index (κ1) is 18.9. The minimum absolute atomic E-state index is 0.267. The van der Waals surface area contributed by atoms with E-state index in [4.69, 9.17) is 9.47 Å². The van der Waals surface area contributed by atoms with Gasteiger partial charge in [-0.15, -0.1) is 0 Å². The van der Waals surface area contributed by atoms with Crippen LogP contribution in [-0.2, 0) is 19.1 Å². The number of fused-ring (bicyclic) bond motifs is 1. The highest BCUT2D eigenvalue weighted by Crippen LogP contribution is 2.42. The number of rotatable bonds is 4. The van der Waals surface area contributed by atoms with Crippen molar-refractivity contribution in [3.05, 3.63) is 23.3 Å². The monoisotopic (exact) mass is 360 g/mol. The van der Waals surface area contributed by atoms with E-state index in [-0.39, 0.29) is 6.10 Å². The molecule has 0 spiro atoms. The summed E-state index contributed by atoms with van der Waals surface area (Å²) in [5.74, 6) is -0.812. The van der Waals surface area contributed by atoms with Crippen molar-refractivity contribution in [1.29, 1.82) is 0 Å². The molecule has 0 saturated carbocycles. The lowest BCUT2D eigenvalue weighted by atomic mass is 9.89. The van der Waals surface area contributed by atoms with Gasteiger partial charge in [-0.05, 0) is 50.3 Å². The third-order valence-electron chi connectivity index (χ3n) is 5.18. The molecule has 2 aliphatic heterocycles. The van der Waals surface area contributed by atoms with Crippen molar-refractivity contribution in [3.63, 3.8) is 0 Å². The summed E-state index contributed by atoms with van der Waals surface area (Å²) in [6.45, 7) is 9.54. The number of nitrogens with zero attached hydrogens (tertiary/aromatic N) is 2. The second kappa shape index (κ2) is 7.00. The highest BCUT2D eigenvalue weighted by molar-refractivity contribution is 6.31. The van der Waals surface area contributed by atoms with Crippen molar-refractivity contribution in [2.24, 2.45) is 0 Å². The van der Waals surface area contributed by atoms with E-state index in [0.29, 0.717) is 25.4 Å². The highest BCUT2D eigenvalue weighted by Gasteiger charge is 2.36. The average molecular weight is 360 g/mol. The molecule has 1 aromatic rings. The molecule has 0 aromatic heterocycles. The number of amides is 1. The van der Waals surface area contributed by atoms with Gasteiger partial charge < -0.3 is 19.3 Å². The summed E-state index contributed by atoms with van der Waals surface area (Å²) in [7, 11) is 2.03. The predicted molar refractivity (Wildman–Crippen MR) is 101 cm³/mol. The minimum Gasteiger partial charge on any atom is -0.373 e. The van der Waals surface area contributed by atoms with Crippen molar-refractivity contribution in [3.8, 4) is 0 Å². The Kier molecular flexibility index (Phi) is 5.08. The molecule has 2 unspecified atom stereocenters. The van der Waals surface area contributed by atoms with Crippen molar-refractivity contribution in [1.82, 2.24) is 0 Å². The van der Waals surface area contributed by atoms with Crippen LogP contribution in [-0.4, -0.2) is 50.8 Å². The molecular formula is C20H28N2O4. The molecule has 2 heterocycles. The van der Waals surface area contributed by atoms with Crippen LogP contribution in [0.4, 0.5) is 11.4 Å². The van der Waals surface area contributed by atoms with Gasteiger partial charge in [-0.1, -0.05) is 13.0 Å². The molecule has 26 heavy (non-hydrogen) atoms. The molecule has 0 radical (unpaired) electrons. The minimum atomic E-state index is -0.669. The summed E-state index contributed by atoms with van der Waals surface area (Å²) in [5, 5.41) is 0. The van der Waals surface area contributed by atoms with Gasteiger partial charge in [0.2, 0.25) is 6.29 Å². The Morgan fingerprint density at radius 2 is 2.15 bits per heavy atom. The molecule has 142 valence electrons. The maximum atomic E-state index is 12.5. The van der Waals surface area contributed by atoms with Crippen LogP contribution in [0.1, 0.15) is 44.2 Å². The van der Waals surface area contributed by atoms with Crippen LogP contribution in [0.25, 0.3) is 0 Å². The number of anilines is 2. The molecule has 1 amide bonds. The first-order valence-electron chi connectivity index (χ1n) is 9.16. The third kappa shape index (κ3) is 3.62. The van der Waals surface area contributed by atoms with Crippen LogP contribution in [0.3, 0.4) is 0 Å². The Balaban J connectivity index is 2.02. The van der Waals surface area contributed by atoms with Crippen LogP contribution < -0.4 is 9.80 Å². The van der Waals surface area contributed by atoms with E-state index in [2.05, 4.69) is 17.9 Å². The van der Waals surface area contributed by atoms with Crippen LogP contribution >= 0.6 is 0 Å². The summed E-state index contributed by atoms with van der Waals surface area (Å²) in [6.07, 6.45) is 1.18. The lowest BCUT2D eigenvalue weighted by Gasteiger charge is -2.37. The van der Waals surface area contributed by atoms with E-state index in [1.807, 2.05) is 33.9 Å². The van der Waals surface area contributed by atoms with E-state index in [1.165, 1.54) is 5.56 Å². The number of aryl methyl sites for hydroxylation is 1. The summed E-state index contributed by atoms with van der Waals surface area (Å²) in [4.78, 5) is 27.5. The van der Waals surface area contributed by atoms with Gasteiger partial charge in [0.1, 0.15) is 6.10 Å². The van der Waals surface area contributed by atoms with E-state index in [0.717, 1.165) is 29.9 Å². The zero-order valence-electron chi connectivity index (χ0n) is 16.2. The smallest absolute Gasteiger partial charge is 0.291 e. The Hall–Kier alpha value is -1.92. The molecule has 1 saturated heterocycles. The summed E-state index contributed by atoms with van der Waals surface area (Å²) < 4.78 is 11.5. The second-order valence-electron chi connectivity index (χ2n) is 7.85. The Morgan fingerprint density at radius 3 is 2.77 bits per heavy atom. The Morgan fingerprint density at radius 1 is 1.42 bits per heavy atom. The van der Waals surface area contributed by atoms with Crippen molar-refractivity contribution in [2.45, 2.75) is 51.9 Å². The Bertz CT molecular complexity index is 716. The number of benzene rings is 1. The van der Waals surface area contributed by atoms with E-state index < -0.39 is 11.7 Å². The normalized spacial score (nSPS) is 24.3. The molecule has 1 aromatic carbocycles. The Labute approximate surface area is 155 Å². The number of carbonyl (C=O) groups is 2. The van der Waals surface area contributed by atoms with Gasteiger partial charge in [0.15, 0.2) is 5.79 Å². The number of hydrogen-bond donors (Lipinski definition) is 0. The maximum Gasteiger partial charge on any atom is 0.291 e. The number of carbonyl (C=O) groups excluding carboxylic acids is 2. The topological polar surface area (TPSA) is 59.1 Å². The molecule has 3 rings (SSSR count). The summed E-state index contributed by atoms with van der Waals surface area (Å²) >= 11 is 0. The molecule has 2 aliphatic rings. The van der Waals surface area contributed by atoms with Gasteiger partial charge in [-0.25, -0.2) is 0 Å².